The van der Waals surface area contributed by atoms with E-state index in [-0.39, 0.29) is 35.9 Å². The van der Waals surface area contributed by atoms with Gasteiger partial charge in [-0.3, -0.25) is 9.78 Å². The first kappa shape index (κ1) is 26.7. The highest BCUT2D eigenvalue weighted by atomic mass is 19.4. The molecule has 1 amide bonds. The molecule has 1 aromatic heterocycles. The van der Waals surface area contributed by atoms with Gasteiger partial charge in [0.05, 0.1) is 23.4 Å². The molecule has 0 aliphatic heterocycles. The molecule has 2 rings (SSSR count). The molecule has 6 nitrogen and oxygen atoms in total. The molecule has 0 radical (unpaired) electrons. The Morgan fingerprint density at radius 3 is 2.29 bits per heavy atom. The quantitative estimate of drug-likeness (QED) is 0.442. The minimum atomic E-state index is -4.51. The Kier molecular flexibility index (Phi) is 9.07. The van der Waals surface area contributed by atoms with Gasteiger partial charge in [-0.2, -0.15) is 18.4 Å². The first-order valence-electron chi connectivity index (χ1n) is 10.8. The number of allylic oxidation sites excluding steroid dienone is 1. The lowest BCUT2D eigenvalue weighted by atomic mass is 10.1. The monoisotopic (exact) mass is 475 g/mol. The zero-order valence-electron chi connectivity index (χ0n) is 19.8. The Morgan fingerprint density at radius 2 is 1.79 bits per heavy atom. The molecule has 0 spiro atoms. The van der Waals surface area contributed by atoms with Crippen molar-refractivity contribution < 1.29 is 27.4 Å². The van der Waals surface area contributed by atoms with E-state index in [4.69, 9.17) is 9.47 Å². The first-order valence-corrected chi connectivity index (χ1v) is 10.8. The van der Waals surface area contributed by atoms with Crippen molar-refractivity contribution in [2.75, 3.05) is 13.2 Å². The molecule has 0 saturated carbocycles. The molecular weight excluding hydrogens is 447 g/mol. The molecule has 0 saturated heterocycles. The van der Waals surface area contributed by atoms with Crippen molar-refractivity contribution in [3.63, 3.8) is 0 Å². The summed E-state index contributed by atoms with van der Waals surface area (Å²) in [6.45, 7) is 9.71. The summed E-state index contributed by atoms with van der Waals surface area (Å²) in [4.78, 5) is 18.1. The fourth-order valence-electron chi connectivity index (χ4n) is 3.44. The minimum Gasteiger partial charge on any atom is -0.490 e. The highest BCUT2D eigenvalue weighted by Crippen LogP contribution is 2.31. The number of hydrogen-bond acceptors (Lipinski definition) is 5. The Balaban J connectivity index is 2.27. The lowest BCUT2D eigenvalue weighted by molar-refractivity contribution is -0.138. The van der Waals surface area contributed by atoms with Crippen molar-refractivity contribution in [3.05, 3.63) is 53.3 Å². The van der Waals surface area contributed by atoms with E-state index < -0.39 is 11.7 Å². The Hall–Kier alpha value is -3.54. The average Bonchev–Trinajstić information content (AvgIpc) is 2.76. The van der Waals surface area contributed by atoms with Crippen molar-refractivity contribution in [2.45, 2.75) is 52.9 Å². The number of nitrogens with zero attached hydrogens (tertiary/aromatic N) is 3. The summed E-state index contributed by atoms with van der Waals surface area (Å²) in [5.41, 5.74) is -0.130. The highest BCUT2D eigenvalue weighted by Gasteiger charge is 2.30. The van der Waals surface area contributed by atoms with Crippen LogP contribution in [0.2, 0.25) is 0 Å². The molecule has 1 aromatic carbocycles. The number of alkyl halides is 3. The van der Waals surface area contributed by atoms with E-state index in [2.05, 4.69) is 4.98 Å². The molecule has 1 heterocycles. The zero-order valence-corrected chi connectivity index (χ0v) is 19.8. The van der Waals surface area contributed by atoms with Crippen LogP contribution in [0.4, 0.5) is 13.2 Å². The van der Waals surface area contributed by atoms with Gasteiger partial charge in [0.1, 0.15) is 6.07 Å². The van der Waals surface area contributed by atoms with Crippen LogP contribution in [0.5, 0.6) is 11.5 Å². The Bertz CT molecular complexity index is 1050. The maximum absolute atomic E-state index is 12.8. The van der Waals surface area contributed by atoms with E-state index in [0.717, 1.165) is 12.1 Å². The summed E-state index contributed by atoms with van der Waals surface area (Å²) in [6, 6.07) is 8.96. The van der Waals surface area contributed by atoms with Crippen LogP contribution in [0, 0.1) is 11.3 Å². The Labute approximate surface area is 197 Å². The Morgan fingerprint density at radius 1 is 1.12 bits per heavy atom. The van der Waals surface area contributed by atoms with Crippen LogP contribution in [-0.4, -0.2) is 41.1 Å². The standard InChI is InChI=1S/C25H28F3N3O3/c1-6-33-23-12-18(7-10-22(23)34-15-24(32)31(16(2)3)17(4)5)11-19(13-29)21-9-8-20(14-30-21)25(26,27)28/h7-12,14,16-17H,6,15H2,1-5H3/b19-11+. The van der Waals surface area contributed by atoms with Gasteiger partial charge in [-0.1, -0.05) is 6.07 Å². The number of carbonyl (C=O) groups is 1. The fourth-order valence-corrected chi connectivity index (χ4v) is 3.44. The number of halogens is 3. The summed E-state index contributed by atoms with van der Waals surface area (Å²) in [5.74, 6) is 0.588. The second-order valence-corrected chi connectivity index (χ2v) is 8.02. The highest BCUT2D eigenvalue weighted by molar-refractivity contribution is 5.88. The second-order valence-electron chi connectivity index (χ2n) is 8.02. The largest absolute Gasteiger partial charge is 0.490 e. The van der Waals surface area contributed by atoms with Crippen molar-refractivity contribution in [2.24, 2.45) is 0 Å². The van der Waals surface area contributed by atoms with E-state index in [1.165, 1.54) is 6.08 Å². The number of aromatic nitrogens is 1. The van der Waals surface area contributed by atoms with E-state index in [1.807, 2.05) is 33.8 Å². The molecule has 0 atom stereocenters. The van der Waals surface area contributed by atoms with Crippen LogP contribution in [0.3, 0.4) is 0 Å². The van der Waals surface area contributed by atoms with Crippen molar-refractivity contribution in [1.82, 2.24) is 9.88 Å². The number of pyridine rings is 1. The fraction of sp³-hybridized carbons (Fsp3) is 0.400. The van der Waals surface area contributed by atoms with Crippen molar-refractivity contribution in [1.29, 1.82) is 5.26 Å². The van der Waals surface area contributed by atoms with Crippen LogP contribution < -0.4 is 9.47 Å². The van der Waals surface area contributed by atoms with Gasteiger partial charge in [-0.15, -0.1) is 0 Å². The maximum atomic E-state index is 12.8. The van der Waals surface area contributed by atoms with Crippen LogP contribution in [0.1, 0.15) is 51.4 Å². The molecule has 0 aliphatic rings. The number of nitriles is 1. The van der Waals surface area contributed by atoms with Crippen molar-refractivity contribution >= 4 is 17.6 Å². The van der Waals surface area contributed by atoms with Gasteiger partial charge in [0, 0.05) is 18.3 Å². The summed E-state index contributed by atoms with van der Waals surface area (Å²) in [6.07, 6.45) is -2.32. The number of ether oxygens (including phenoxy) is 2. The smallest absolute Gasteiger partial charge is 0.417 e. The summed E-state index contributed by atoms with van der Waals surface area (Å²) >= 11 is 0. The number of rotatable bonds is 9. The first-order chi connectivity index (χ1) is 16.0. The minimum absolute atomic E-state index is 0.0261. The van der Waals surface area contributed by atoms with Crippen LogP contribution >= 0.6 is 0 Å². The molecule has 0 aliphatic carbocycles. The van der Waals surface area contributed by atoms with Crippen LogP contribution in [0.25, 0.3) is 11.6 Å². The predicted octanol–water partition coefficient (Wildman–Crippen LogP) is 5.59. The molecule has 0 unspecified atom stereocenters. The average molecular weight is 476 g/mol. The number of hydrogen-bond donors (Lipinski definition) is 0. The third-order valence-corrected chi connectivity index (χ3v) is 4.82. The molecule has 0 N–H and O–H groups in total. The molecule has 0 bridgehead atoms. The maximum Gasteiger partial charge on any atom is 0.417 e. The summed E-state index contributed by atoms with van der Waals surface area (Å²) in [5, 5.41) is 9.51. The third-order valence-electron chi connectivity index (χ3n) is 4.82. The van der Waals surface area contributed by atoms with Gasteiger partial charge in [0.2, 0.25) is 0 Å². The zero-order chi connectivity index (χ0) is 25.5. The third kappa shape index (κ3) is 6.98. The second kappa shape index (κ2) is 11.5. The predicted molar refractivity (Wildman–Crippen MR) is 123 cm³/mol. The lowest BCUT2D eigenvalue weighted by Gasteiger charge is -2.30. The van der Waals surface area contributed by atoms with Crippen LogP contribution in [-0.2, 0) is 11.0 Å². The number of benzene rings is 1. The number of carbonyl (C=O) groups excluding carboxylic acids is 1. The topological polar surface area (TPSA) is 75.5 Å². The van der Waals surface area contributed by atoms with Gasteiger partial charge in [-0.25, -0.2) is 0 Å². The normalized spacial score (nSPS) is 12.0. The molecular formula is C25H28F3N3O3. The molecule has 182 valence electrons. The molecule has 2 aromatic rings. The SMILES string of the molecule is CCOc1cc(/C=C(\C#N)c2ccc(C(F)(F)F)cn2)ccc1OCC(=O)N(C(C)C)C(C)C. The molecule has 0 fully saturated rings. The van der Waals surface area contributed by atoms with Gasteiger partial charge in [-0.05, 0) is 70.5 Å². The molecule has 34 heavy (non-hydrogen) atoms. The van der Waals surface area contributed by atoms with Gasteiger partial charge >= 0.3 is 6.18 Å². The summed E-state index contributed by atoms with van der Waals surface area (Å²) in [7, 11) is 0. The van der Waals surface area contributed by atoms with Crippen LogP contribution in [0.15, 0.2) is 36.5 Å². The van der Waals surface area contributed by atoms with Crippen molar-refractivity contribution in [3.8, 4) is 17.6 Å². The van der Waals surface area contributed by atoms with E-state index in [0.29, 0.717) is 29.9 Å². The lowest BCUT2D eigenvalue weighted by Crippen LogP contribution is -2.44. The van der Waals surface area contributed by atoms with Gasteiger partial charge in [0.15, 0.2) is 18.1 Å². The van der Waals surface area contributed by atoms with Gasteiger partial charge in [0.25, 0.3) is 5.91 Å². The van der Waals surface area contributed by atoms with E-state index in [1.54, 1.807) is 30.0 Å². The van der Waals surface area contributed by atoms with Gasteiger partial charge < -0.3 is 14.4 Å². The van der Waals surface area contributed by atoms with E-state index >= 15 is 0 Å². The number of amides is 1. The summed E-state index contributed by atoms with van der Waals surface area (Å²) < 4.78 is 49.7. The van der Waals surface area contributed by atoms with E-state index in [9.17, 15) is 23.2 Å². The molecule has 9 heteroatoms.